The highest BCUT2D eigenvalue weighted by atomic mass is 32.2. The van der Waals surface area contributed by atoms with Crippen LogP contribution in [0.2, 0.25) is 0 Å². The van der Waals surface area contributed by atoms with Crippen LogP contribution in [0, 0.1) is 0 Å². The van der Waals surface area contributed by atoms with Crippen molar-refractivity contribution in [2.45, 2.75) is 93.6 Å². The second-order valence-corrected chi connectivity index (χ2v) is 13.6. The molecule has 1 saturated heterocycles. The van der Waals surface area contributed by atoms with Crippen molar-refractivity contribution >= 4 is 11.8 Å². The van der Waals surface area contributed by atoms with E-state index in [0.29, 0.717) is 38.3 Å². The number of rotatable bonds is 15. The van der Waals surface area contributed by atoms with Crippen LogP contribution in [0.3, 0.4) is 0 Å². The van der Waals surface area contributed by atoms with E-state index in [9.17, 15) is 0 Å². The van der Waals surface area contributed by atoms with Crippen LogP contribution in [-0.4, -0.2) is 41.7 Å². The smallest absolute Gasteiger partial charge is 0.132 e. The van der Waals surface area contributed by atoms with Gasteiger partial charge in [-0.3, -0.25) is 0 Å². The van der Waals surface area contributed by atoms with Crippen molar-refractivity contribution < 1.29 is 23.7 Å². The van der Waals surface area contributed by atoms with Crippen LogP contribution in [0.25, 0.3) is 0 Å². The molecular formula is C40H46O5S. The first-order valence-corrected chi connectivity index (χ1v) is 17.7. The third-order valence-corrected chi connectivity index (χ3v) is 10.2. The van der Waals surface area contributed by atoms with Gasteiger partial charge in [0.05, 0.1) is 33.0 Å². The van der Waals surface area contributed by atoms with Gasteiger partial charge >= 0.3 is 0 Å². The number of hydrogen-bond donors (Lipinski definition) is 0. The maximum absolute atomic E-state index is 7.02. The first-order valence-electron chi connectivity index (χ1n) is 16.7. The van der Waals surface area contributed by atoms with Gasteiger partial charge in [0.25, 0.3) is 0 Å². The summed E-state index contributed by atoms with van der Waals surface area (Å²) in [6, 6.07) is 41.3. The summed E-state index contributed by atoms with van der Waals surface area (Å²) in [4.78, 5) is 0. The zero-order chi connectivity index (χ0) is 31.2. The molecule has 1 aliphatic heterocycles. The van der Waals surface area contributed by atoms with E-state index >= 15 is 0 Å². The van der Waals surface area contributed by atoms with Crippen LogP contribution in [0.5, 0.6) is 0 Å². The lowest BCUT2D eigenvalue weighted by molar-refractivity contribution is -0.254. The van der Waals surface area contributed by atoms with E-state index in [1.807, 2.05) is 60.3 Å². The minimum absolute atomic E-state index is 0.213. The van der Waals surface area contributed by atoms with E-state index < -0.39 is 6.10 Å². The molecule has 0 aromatic heterocycles. The van der Waals surface area contributed by atoms with Crippen molar-refractivity contribution in [1.29, 1.82) is 0 Å². The summed E-state index contributed by atoms with van der Waals surface area (Å²) < 4.78 is 33.9. The predicted molar refractivity (Wildman–Crippen MR) is 184 cm³/mol. The molecule has 5 nitrogen and oxygen atoms in total. The van der Waals surface area contributed by atoms with Crippen LogP contribution in [-0.2, 0) is 50.1 Å². The van der Waals surface area contributed by atoms with Crippen molar-refractivity contribution in [2.24, 2.45) is 0 Å². The Morgan fingerprint density at radius 1 is 0.500 bits per heavy atom. The quantitative estimate of drug-likeness (QED) is 0.130. The van der Waals surface area contributed by atoms with Crippen LogP contribution in [0.4, 0.5) is 0 Å². The van der Waals surface area contributed by atoms with Crippen molar-refractivity contribution in [3.63, 3.8) is 0 Å². The molecular weight excluding hydrogens is 593 g/mol. The lowest BCUT2D eigenvalue weighted by Crippen LogP contribution is -2.60. The molecule has 0 spiro atoms. The molecule has 6 rings (SSSR count). The highest BCUT2D eigenvalue weighted by molar-refractivity contribution is 8.00. The van der Waals surface area contributed by atoms with E-state index in [2.05, 4.69) is 72.8 Å². The average molecular weight is 639 g/mol. The van der Waals surface area contributed by atoms with Gasteiger partial charge in [-0.15, -0.1) is 11.8 Å². The molecule has 6 heteroatoms. The summed E-state index contributed by atoms with van der Waals surface area (Å²) in [5, 5.41) is 0.532. The van der Waals surface area contributed by atoms with Gasteiger partial charge in [-0.25, -0.2) is 0 Å². The molecule has 4 aromatic rings. The van der Waals surface area contributed by atoms with Gasteiger partial charge in [-0.2, -0.15) is 0 Å². The fourth-order valence-electron chi connectivity index (χ4n) is 6.25. The minimum atomic E-state index is -0.399. The van der Waals surface area contributed by atoms with Gasteiger partial charge in [0.1, 0.15) is 29.9 Å². The standard InChI is InChI=1S/C40H46O5S/c1-6-16-31(17-7-1)26-41-30-36-37(42-27-32-18-8-2-9-19-32)38(43-28-33-20-10-3-11-21-33)39(44-29-34-22-12-4-13-23-34)40(45-36)46-35-24-14-5-15-25-35/h1-4,6-13,16-23,35-40H,5,14-15,24-30H2. The molecule has 2 aliphatic rings. The van der Waals surface area contributed by atoms with Gasteiger partial charge in [-0.05, 0) is 35.1 Å². The second kappa shape index (κ2) is 17.8. The van der Waals surface area contributed by atoms with Crippen LogP contribution in [0.1, 0.15) is 54.4 Å². The molecule has 242 valence electrons. The highest BCUT2D eigenvalue weighted by Gasteiger charge is 2.49. The summed E-state index contributed by atoms with van der Waals surface area (Å²) in [5.41, 5.74) is 4.27. The van der Waals surface area contributed by atoms with Gasteiger partial charge in [0.15, 0.2) is 0 Å². The molecule has 4 aromatic carbocycles. The van der Waals surface area contributed by atoms with Gasteiger partial charge in [-0.1, -0.05) is 141 Å². The summed E-state index contributed by atoms with van der Waals surface area (Å²) in [6.07, 6.45) is 4.82. The minimum Gasteiger partial charge on any atom is -0.374 e. The number of benzene rings is 4. The topological polar surface area (TPSA) is 46.2 Å². The maximum Gasteiger partial charge on any atom is 0.132 e. The Labute approximate surface area is 278 Å². The summed E-state index contributed by atoms with van der Waals surface area (Å²) >= 11 is 1.92. The Hall–Kier alpha value is -2.97. The molecule has 0 bridgehead atoms. The van der Waals surface area contributed by atoms with Crippen LogP contribution >= 0.6 is 11.8 Å². The maximum atomic E-state index is 7.02. The molecule has 1 heterocycles. The Bertz CT molecular complexity index is 1380. The Morgan fingerprint density at radius 2 is 0.935 bits per heavy atom. The normalized spacial score (nSPS) is 23.7. The van der Waals surface area contributed by atoms with Gasteiger partial charge < -0.3 is 23.7 Å². The van der Waals surface area contributed by atoms with Crippen LogP contribution in [0.15, 0.2) is 121 Å². The van der Waals surface area contributed by atoms with Gasteiger partial charge in [0, 0.05) is 5.25 Å². The molecule has 0 amide bonds. The largest absolute Gasteiger partial charge is 0.374 e. The molecule has 5 unspecified atom stereocenters. The number of ether oxygens (including phenoxy) is 5. The molecule has 0 radical (unpaired) electrons. The fraction of sp³-hybridized carbons (Fsp3) is 0.400. The zero-order valence-electron chi connectivity index (χ0n) is 26.5. The first-order chi connectivity index (χ1) is 22.8. The third kappa shape index (κ3) is 9.77. The Morgan fingerprint density at radius 3 is 1.43 bits per heavy atom. The SMILES string of the molecule is c1ccc(COCC2OC(SC3CCCCC3)C(OCc3ccccc3)C(OCc3ccccc3)C2OCc2ccccc2)cc1. The van der Waals surface area contributed by atoms with E-state index in [0.717, 1.165) is 22.3 Å². The molecule has 2 fully saturated rings. The zero-order valence-corrected chi connectivity index (χ0v) is 27.3. The highest BCUT2D eigenvalue weighted by Crippen LogP contribution is 2.40. The van der Waals surface area contributed by atoms with Crippen molar-refractivity contribution in [2.75, 3.05) is 6.61 Å². The molecule has 5 atom stereocenters. The van der Waals surface area contributed by atoms with Crippen molar-refractivity contribution in [3.8, 4) is 0 Å². The summed E-state index contributed by atoms with van der Waals surface area (Å²) in [7, 11) is 0. The lowest BCUT2D eigenvalue weighted by atomic mass is 9.98. The summed E-state index contributed by atoms with van der Waals surface area (Å²) in [6.45, 7) is 2.28. The second-order valence-electron chi connectivity index (χ2n) is 12.2. The van der Waals surface area contributed by atoms with E-state index in [-0.39, 0.29) is 23.7 Å². The third-order valence-electron chi connectivity index (χ3n) is 8.72. The van der Waals surface area contributed by atoms with E-state index in [1.165, 1.54) is 32.1 Å². The molecule has 0 N–H and O–H groups in total. The van der Waals surface area contributed by atoms with Gasteiger partial charge in [0.2, 0.25) is 0 Å². The van der Waals surface area contributed by atoms with Crippen LogP contribution < -0.4 is 0 Å². The number of hydrogen-bond acceptors (Lipinski definition) is 6. The molecule has 1 saturated carbocycles. The fourth-order valence-corrected chi connectivity index (χ4v) is 7.83. The van der Waals surface area contributed by atoms with Crippen molar-refractivity contribution in [1.82, 2.24) is 0 Å². The monoisotopic (exact) mass is 638 g/mol. The molecule has 1 aliphatic carbocycles. The lowest BCUT2D eigenvalue weighted by Gasteiger charge is -2.47. The molecule has 46 heavy (non-hydrogen) atoms. The first kappa shape index (κ1) is 33.0. The average Bonchev–Trinajstić information content (AvgIpc) is 3.12. The predicted octanol–water partition coefficient (Wildman–Crippen LogP) is 8.75. The van der Waals surface area contributed by atoms with Crippen molar-refractivity contribution in [3.05, 3.63) is 144 Å². The Balaban J connectivity index is 1.29. The number of thioether (sulfide) groups is 1. The Kier molecular flexibility index (Phi) is 12.8. The summed E-state index contributed by atoms with van der Waals surface area (Å²) in [5.74, 6) is 0. The van der Waals surface area contributed by atoms with E-state index in [1.54, 1.807) is 0 Å². The van der Waals surface area contributed by atoms with E-state index in [4.69, 9.17) is 23.7 Å².